The second-order valence-corrected chi connectivity index (χ2v) is 5.65. The van der Waals surface area contributed by atoms with Crippen LogP contribution in [0.15, 0.2) is 6.33 Å². The van der Waals surface area contributed by atoms with Gasteiger partial charge in [0.2, 0.25) is 0 Å². The van der Waals surface area contributed by atoms with Gasteiger partial charge < -0.3 is 0 Å². The van der Waals surface area contributed by atoms with Crippen LogP contribution in [-0.4, -0.2) is 14.8 Å². The minimum Gasteiger partial charge on any atom is -0.271 e. The number of hydrazine groups is 1. The minimum atomic E-state index is 0.136. The maximum absolute atomic E-state index is 5.75. The van der Waals surface area contributed by atoms with E-state index in [0.29, 0.717) is 0 Å². The Morgan fingerprint density at radius 3 is 2.74 bits per heavy atom. The number of nitrogens with zero attached hydrogens (tertiary/aromatic N) is 3. The van der Waals surface area contributed by atoms with Crippen LogP contribution in [0.5, 0.6) is 0 Å². The Labute approximate surface area is 115 Å². The normalized spacial score (nSPS) is 19.3. The van der Waals surface area contributed by atoms with Crippen molar-refractivity contribution < 1.29 is 0 Å². The Bertz CT molecular complexity index is 354. The zero-order valence-electron chi connectivity index (χ0n) is 12.0. The predicted octanol–water partition coefficient (Wildman–Crippen LogP) is 2.55. The molecule has 1 saturated carbocycles. The number of aromatic nitrogens is 3. The van der Waals surface area contributed by atoms with Crippen molar-refractivity contribution in [3.05, 3.63) is 12.2 Å². The van der Waals surface area contributed by atoms with Crippen molar-refractivity contribution in [2.75, 3.05) is 0 Å². The van der Waals surface area contributed by atoms with E-state index in [-0.39, 0.29) is 6.04 Å². The summed E-state index contributed by atoms with van der Waals surface area (Å²) in [6.45, 7) is 3.07. The highest BCUT2D eigenvalue weighted by atomic mass is 15.4. The molecule has 0 spiro atoms. The molecule has 1 aromatic rings. The molecule has 1 heterocycles. The third-order valence-corrected chi connectivity index (χ3v) is 4.14. The van der Waals surface area contributed by atoms with Gasteiger partial charge in [-0.2, -0.15) is 5.10 Å². The van der Waals surface area contributed by atoms with Gasteiger partial charge in [-0.25, -0.2) is 15.1 Å². The Kier molecular flexibility index (Phi) is 5.79. The van der Waals surface area contributed by atoms with Crippen LogP contribution in [0.2, 0.25) is 0 Å². The van der Waals surface area contributed by atoms with Crippen LogP contribution in [0.3, 0.4) is 0 Å². The first-order valence-electron chi connectivity index (χ1n) is 7.69. The lowest BCUT2D eigenvalue weighted by molar-refractivity contribution is 0.339. The summed E-state index contributed by atoms with van der Waals surface area (Å²) in [7, 11) is 0. The van der Waals surface area contributed by atoms with Crippen LogP contribution in [0.1, 0.15) is 70.2 Å². The molecule has 0 amide bonds. The molecule has 0 radical (unpaired) electrons. The van der Waals surface area contributed by atoms with Crippen LogP contribution < -0.4 is 11.3 Å². The fourth-order valence-electron chi connectivity index (χ4n) is 3.11. The van der Waals surface area contributed by atoms with Gasteiger partial charge in [0, 0.05) is 6.54 Å². The Morgan fingerprint density at radius 1 is 1.37 bits per heavy atom. The SMILES string of the molecule is CCCn1ncnc1C(CC1CCCCCC1)NN. The van der Waals surface area contributed by atoms with Gasteiger partial charge in [0.05, 0.1) is 6.04 Å². The van der Waals surface area contributed by atoms with Gasteiger partial charge in [-0.15, -0.1) is 0 Å². The molecule has 0 aromatic carbocycles. The third-order valence-electron chi connectivity index (χ3n) is 4.14. The van der Waals surface area contributed by atoms with Crippen molar-refractivity contribution >= 4 is 0 Å². The second kappa shape index (κ2) is 7.60. The van der Waals surface area contributed by atoms with E-state index >= 15 is 0 Å². The molecule has 108 valence electrons. The van der Waals surface area contributed by atoms with Crippen molar-refractivity contribution in [2.45, 2.75) is 70.9 Å². The molecule has 1 aliphatic carbocycles. The quantitative estimate of drug-likeness (QED) is 0.471. The van der Waals surface area contributed by atoms with Gasteiger partial charge in [0.15, 0.2) is 0 Å². The summed E-state index contributed by atoms with van der Waals surface area (Å²) < 4.78 is 1.99. The first-order chi connectivity index (χ1) is 9.35. The van der Waals surface area contributed by atoms with Crippen LogP contribution in [0.25, 0.3) is 0 Å². The zero-order valence-corrected chi connectivity index (χ0v) is 12.0. The van der Waals surface area contributed by atoms with E-state index in [1.54, 1.807) is 6.33 Å². The first-order valence-corrected chi connectivity index (χ1v) is 7.69. The first kappa shape index (κ1) is 14.5. The summed E-state index contributed by atoms with van der Waals surface area (Å²) >= 11 is 0. The number of hydrogen-bond donors (Lipinski definition) is 2. The molecule has 0 bridgehead atoms. The lowest BCUT2D eigenvalue weighted by Crippen LogP contribution is -2.32. The van der Waals surface area contributed by atoms with Gasteiger partial charge in [0.1, 0.15) is 12.2 Å². The van der Waals surface area contributed by atoms with Gasteiger partial charge in [-0.1, -0.05) is 45.4 Å². The molecule has 3 N–H and O–H groups in total. The minimum absolute atomic E-state index is 0.136. The summed E-state index contributed by atoms with van der Waals surface area (Å²) in [5.41, 5.74) is 2.95. The highest BCUT2D eigenvalue weighted by Crippen LogP contribution is 2.30. The molecule has 1 aromatic heterocycles. The maximum atomic E-state index is 5.75. The molecule has 1 fully saturated rings. The molecule has 0 aliphatic heterocycles. The fourth-order valence-corrected chi connectivity index (χ4v) is 3.11. The largest absolute Gasteiger partial charge is 0.271 e. The standard InChI is InChI=1S/C14H27N5/c1-2-9-19-14(16-11-17-19)13(18-15)10-12-7-5-3-4-6-8-12/h11-13,18H,2-10,15H2,1H3. The smallest absolute Gasteiger partial charge is 0.145 e. The molecule has 1 aliphatic rings. The number of nitrogens with two attached hydrogens (primary N) is 1. The Hall–Kier alpha value is -0.940. The lowest BCUT2D eigenvalue weighted by Gasteiger charge is -2.21. The Morgan fingerprint density at radius 2 is 2.11 bits per heavy atom. The average molecular weight is 265 g/mol. The monoisotopic (exact) mass is 265 g/mol. The molecule has 0 saturated heterocycles. The van der Waals surface area contributed by atoms with E-state index < -0.39 is 0 Å². The van der Waals surface area contributed by atoms with Crippen LogP contribution in [-0.2, 0) is 6.54 Å². The van der Waals surface area contributed by atoms with Crippen molar-refractivity contribution in [1.29, 1.82) is 0 Å². The molecule has 2 rings (SSSR count). The number of hydrogen-bond acceptors (Lipinski definition) is 4. The predicted molar refractivity (Wildman–Crippen MR) is 76.2 cm³/mol. The zero-order chi connectivity index (χ0) is 13.5. The average Bonchev–Trinajstić information content (AvgIpc) is 2.72. The maximum Gasteiger partial charge on any atom is 0.145 e. The highest BCUT2D eigenvalue weighted by molar-refractivity contribution is 4.94. The lowest BCUT2D eigenvalue weighted by atomic mass is 9.92. The van der Waals surface area contributed by atoms with Crippen molar-refractivity contribution in [1.82, 2.24) is 20.2 Å². The van der Waals surface area contributed by atoms with Crippen LogP contribution in [0, 0.1) is 5.92 Å². The van der Waals surface area contributed by atoms with Crippen molar-refractivity contribution in [2.24, 2.45) is 11.8 Å². The van der Waals surface area contributed by atoms with Gasteiger partial charge in [0.25, 0.3) is 0 Å². The molecular formula is C14H27N5. The van der Waals surface area contributed by atoms with E-state index in [0.717, 1.165) is 31.1 Å². The summed E-state index contributed by atoms with van der Waals surface area (Å²) in [6, 6.07) is 0.136. The molecule has 1 atom stereocenters. The number of nitrogens with one attached hydrogen (secondary N) is 1. The van der Waals surface area contributed by atoms with Crippen LogP contribution >= 0.6 is 0 Å². The van der Waals surface area contributed by atoms with Crippen molar-refractivity contribution in [3.8, 4) is 0 Å². The van der Waals surface area contributed by atoms with E-state index in [1.807, 2.05) is 4.68 Å². The molecule has 5 nitrogen and oxygen atoms in total. The van der Waals surface area contributed by atoms with E-state index in [9.17, 15) is 0 Å². The fraction of sp³-hybridized carbons (Fsp3) is 0.857. The van der Waals surface area contributed by atoms with E-state index in [4.69, 9.17) is 5.84 Å². The topological polar surface area (TPSA) is 68.8 Å². The summed E-state index contributed by atoms with van der Waals surface area (Å²) in [6.07, 6.45) is 12.0. The van der Waals surface area contributed by atoms with Crippen molar-refractivity contribution in [3.63, 3.8) is 0 Å². The second-order valence-electron chi connectivity index (χ2n) is 5.65. The number of rotatable bonds is 6. The molecular weight excluding hydrogens is 238 g/mol. The Balaban J connectivity index is 1.99. The van der Waals surface area contributed by atoms with Gasteiger partial charge in [-0.05, 0) is 18.8 Å². The van der Waals surface area contributed by atoms with E-state index in [1.165, 1.54) is 38.5 Å². The molecule has 1 unspecified atom stereocenters. The molecule has 5 heteroatoms. The third kappa shape index (κ3) is 4.01. The highest BCUT2D eigenvalue weighted by Gasteiger charge is 2.22. The summed E-state index contributed by atoms with van der Waals surface area (Å²) in [5.74, 6) is 7.52. The van der Waals surface area contributed by atoms with E-state index in [2.05, 4.69) is 22.4 Å². The van der Waals surface area contributed by atoms with Gasteiger partial charge >= 0.3 is 0 Å². The van der Waals surface area contributed by atoms with Crippen LogP contribution in [0.4, 0.5) is 0 Å². The summed E-state index contributed by atoms with van der Waals surface area (Å²) in [4.78, 5) is 4.40. The summed E-state index contributed by atoms with van der Waals surface area (Å²) in [5, 5.41) is 4.30. The molecule has 19 heavy (non-hydrogen) atoms. The number of aryl methyl sites for hydroxylation is 1. The van der Waals surface area contributed by atoms with Gasteiger partial charge in [-0.3, -0.25) is 5.84 Å².